The van der Waals surface area contributed by atoms with Crippen molar-refractivity contribution in [1.82, 2.24) is 4.57 Å². The van der Waals surface area contributed by atoms with Crippen molar-refractivity contribution in [2.45, 2.75) is 329 Å². The van der Waals surface area contributed by atoms with Gasteiger partial charge in [-0.05, 0) is 49.2 Å². The average Bonchev–Trinajstić information content (AvgIpc) is 3.68. The Morgan fingerprint density at radius 2 is 0.794 bits per heavy atom. The second kappa shape index (κ2) is 49.7. The molecular formula is C59H117ClN2S. The summed E-state index contributed by atoms with van der Waals surface area (Å²) in [5, 5.41) is 0.863. The van der Waals surface area contributed by atoms with Gasteiger partial charge < -0.3 is 12.4 Å². The minimum absolute atomic E-state index is 0. The summed E-state index contributed by atoms with van der Waals surface area (Å²) >= 11 is 2.32. The Balaban J connectivity index is 0.0000384. The minimum Gasteiger partial charge on any atom is -1.00 e. The van der Waals surface area contributed by atoms with Crippen molar-refractivity contribution < 1.29 is 17.0 Å². The summed E-state index contributed by atoms with van der Waals surface area (Å²) in [7, 11) is 2.14. The third-order valence-corrected chi connectivity index (χ3v) is 16.0. The van der Waals surface area contributed by atoms with Gasteiger partial charge in [-0.3, -0.25) is 0 Å². The van der Waals surface area contributed by atoms with E-state index in [0.29, 0.717) is 0 Å². The third kappa shape index (κ3) is 45.4. The van der Waals surface area contributed by atoms with Crippen LogP contribution in [-0.4, -0.2) is 15.6 Å². The van der Waals surface area contributed by atoms with Crippen LogP contribution in [0.1, 0.15) is 317 Å². The van der Waals surface area contributed by atoms with Gasteiger partial charge in [-0.1, -0.05) is 291 Å². The van der Waals surface area contributed by atoms with Crippen LogP contribution >= 0.6 is 11.8 Å². The van der Waals surface area contributed by atoms with Gasteiger partial charge in [0.25, 0.3) is 0 Å². The van der Waals surface area contributed by atoms with Gasteiger partial charge in [0.05, 0.1) is 13.6 Å². The molecule has 4 heteroatoms. The first-order valence-corrected chi connectivity index (χ1v) is 30.1. The maximum absolute atomic E-state index is 2.54. The molecule has 0 spiro atoms. The van der Waals surface area contributed by atoms with Crippen LogP contribution in [0, 0.1) is 17.8 Å². The molecular weight excluding hydrogens is 804 g/mol. The van der Waals surface area contributed by atoms with Crippen molar-refractivity contribution in [3.63, 3.8) is 0 Å². The van der Waals surface area contributed by atoms with E-state index in [4.69, 9.17) is 0 Å². The highest BCUT2D eigenvalue weighted by atomic mass is 35.5. The lowest BCUT2D eigenvalue weighted by Crippen LogP contribution is -3.00. The number of hydrogen-bond acceptors (Lipinski definition) is 1. The van der Waals surface area contributed by atoms with Crippen molar-refractivity contribution in [1.29, 1.82) is 0 Å². The van der Waals surface area contributed by atoms with E-state index in [1.165, 1.54) is 288 Å². The summed E-state index contributed by atoms with van der Waals surface area (Å²) in [6, 6.07) is 0. The van der Waals surface area contributed by atoms with Crippen LogP contribution in [0.15, 0.2) is 18.7 Å². The molecule has 2 unspecified atom stereocenters. The third-order valence-electron chi connectivity index (χ3n) is 14.5. The van der Waals surface area contributed by atoms with Crippen molar-refractivity contribution in [2.75, 3.05) is 5.75 Å². The molecule has 0 saturated carbocycles. The lowest BCUT2D eigenvalue weighted by molar-refractivity contribution is -0.671. The van der Waals surface area contributed by atoms with Crippen LogP contribution in [-0.2, 0) is 13.6 Å². The topological polar surface area (TPSA) is 8.81 Å². The Kier molecular flexibility index (Phi) is 49.6. The number of halogens is 1. The Bertz CT molecular complexity index is 958. The summed E-state index contributed by atoms with van der Waals surface area (Å²) in [4.78, 5) is 0. The van der Waals surface area contributed by atoms with Crippen LogP contribution in [0.4, 0.5) is 0 Å². The van der Waals surface area contributed by atoms with Crippen molar-refractivity contribution in [3.8, 4) is 0 Å². The Hall–Kier alpha value is -0.150. The van der Waals surface area contributed by atoms with E-state index < -0.39 is 0 Å². The van der Waals surface area contributed by atoms with Gasteiger partial charge >= 0.3 is 0 Å². The smallest absolute Gasteiger partial charge is 0.243 e. The maximum Gasteiger partial charge on any atom is 0.243 e. The first-order chi connectivity index (χ1) is 30.4. The molecule has 376 valence electrons. The number of thioether (sulfide) groups is 1. The van der Waals surface area contributed by atoms with Crippen molar-refractivity contribution in [2.24, 2.45) is 24.8 Å². The van der Waals surface area contributed by atoms with Gasteiger partial charge in [0.1, 0.15) is 12.4 Å². The van der Waals surface area contributed by atoms with E-state index >= 15 is 0 Å². The quantitative estimate of drug-likeness (QED) is 0.0467. The SMILES string of the molecule is CCCCCCCCCCCCCCCCCCC(CCCCCCCCCCCCCCCCCC)CCCCC(CCC(C)CCCC(C)C)SCCCn1cc[n+](C)c1.[Cl-]. The van der Waals surface area contributed by atoms with E-state index in [-0.39, 0.29) is 12.4 Å². The lowest BCUT2D eigenvalue weighted by Gasteiger charge is -2.21. The summed E-state index contributed by atoms with van der Waals surface area (Å²) in [5.74, 6) is 4.05. The summed E-state index contributed by atoms with van der Waals surface area (Å²) < 4.78 is 4.54. The number of rotatable bonds is 51. The van der Waals surface area contributed by atoms with Crippen LogP contribution in [0.2, 0.25) is 0 Å². The molecule has 63 heavy (non-hydrogen) atoms. The van der Waals surface area contributed by atoms with Gasteiger partial charge in [-0.15, -0.1) is 0 Å². The molecule has 2 nitrogen and oxygen atoms in total. The minimum atomic E-state index is 0. The van der Waals surface area contributed by atoms with Crippen molar-refractivity contribution >= 4 is 11.8 Å². The molecule has 1 aromatic heterocycles. The second-order valence-electron chi connectivity index (χ2n) is 21.5. The monoisotopic (exact) mass is 921 g/mol. The zero-order valence-corrected chi connectivity index (χ0v) is 45.8. The Morgan fingerprint density at radius 1 is 0.413 bits per heavy atom. The molecule has 0 N–H and O–H groups in total. The van der Waals surface area contributed by atoms with E-state index in [1.807, 2.05) is 0 Å². The van der Waals surface area contributed by atoms with E-state index in [9.17, 15) is 0 Å². The van der Waals surface area contributed by atoms with Gasteiger partial charge in [-0.2, -0.15) is 11.8 Å². The Morgan fingerprint density at radius 3 is 1.17 bits per heavy atom. The fraction of sp³-hybridized carbons (Fsp3) is 0.949. The molecule has 0 aliphatic rings. The number of hydrogen-bond donors (Lipinski definition) is 0. The van der Waals surface area contributed by atoms with E-state index in [2.05, 4.69) is 81.3 Å². The highest BCUT2D eigenvalue weighted by Gasteiger charge is 2.15. The molecule has 0 aliphatic carbocycles. The molecule has 0 amide bonds. The van der Waals surface area contributed by atoms with Gasteiger partial charge in [0.15, 0.2) is 0 Å². The summed E-state index contributed by atoms with van der Waals surface area (Å²) in [6.07, 6.45) is 71.1. The van der Waals surface area contributed by atoms with E-state index in [1.54, 1.807) is 0 Å². The van der Waals surface area contributed by atoms with Crippen molar-refractivity contribution in [3.05, 3.63) is 18.7 Å². The molecule has 0 bridgehead atoms. The number of imidazole rings is 1. The van der Waals surface area contributed by atoms with Crippen LogP contribution in [0.5, 0.6) is 0 Å². The maximum atomic E-state index is 2.54. The average molecular weight is 922 g/mol. The lowest BCUT2D eigenvalue weighted by atomic mass is 9.89. The normalized spacial score (nSPS) is 12.8. The standard InChI is InChI=1S/C59H117N2S.ClH/c1-7-9-11-13-15-17-19-21-23-25-27-29-31-33-35-37-45-58(46-38-36-34-32-30-28-26-24-22-20-18-16-14-12-10-8-2)47-39-40-48-59(50-49-57(5)44-41-43-56(3)4)62-54-42-51-61-53-52-60(6)55-61;/h52-53,55-59H,7-51,54H2,1-6H3;1H/q+1;/p-1. The fourth-order valence-electron chi connectivity index (χ4n) is 10.1. The highest BCUT2D eigenvalue weighted by Crippen LogP contribution is 2.30. The van der Waals surface area contributed by atoms with Crippen LogP contribution in [0.25, 0.3) is 0 Å². The molecule has 0 radical (unpaired) electrons. The predicted octanol–water partition coefficient (Wildman–Crippen LogP) is 17.5. The van der Waals surface area contributed by atoms with Gasteiger partial charge in [-0.25, -0.2) is 9.13 Å². The molecule has 0 fully saturated rings. The Labute approximate surface area is 409 Å². The highest BCUT2D eigenvalue weighted by molar-refractivity contribution is 7.99. The molecule has 0 aromatic carbocycles. The molecule has 0 aliphatic heterocycles. The number of aryl methyl sites for hydroxylation is 2. The van der Waals surface area contributed by atoms with Crippen LogP contribution in [0.3, 0.4) is 0 Å². The number of unbranched alkanes of at least 4 members (excludes halogenated alkanes) is 31. The summed E-state index contributed by atoms with van der Waals surface area (Å²) in [6.45, 7) is 13.1. The molecule has 1 heterocycles. The first-order valence-electron chi connectivity index (χ1n) is 29.1. The number of nitrogens with zero attached hydrogens (tertiary/aromatic N) is 2. The van der Waals surface area contributed by atoms with Gasteiger partial charge in [0, 0.05) is 5.25 Å². The zero-order valence-electron chi connectivity index (χ0n) is 44.2. The van der Waals surface area contributed by atoms with Gasteiger partial charge in [0.2, 0.25) is 6.33 Å². The molecule has 0 saturated heterocycles. The van der Waals surface area contributed by atoms with E-state index in [0.717, 1.165) is 29.5 Å². The first kappa shape index (κ1) is 62.8. The molecule has 2 atom stereocenters. The second-order valence-corrected chi connectivity index (χ2v) is 22.9. The number of aromatic nitrogens is 2. The molecule has 1 aromatic rings. The largest absolute Gasteiger partial charge is 1.00 e. The zero-order chi connectivity index (χ0) is 44.8. The fourth-order valence-corrected chi connectivity index (χ4v) is 11.4. The van der Waals surface area contributed by atoms with Crippen LogP contribution < -0.4 is 17.0 Å². The molecule has 1 rings (SSSR count). The summed E-state index contributed by atoms with van der Waals surface area (Å²) in [5.41, 5.74) is 0. The predicted molar refractivity (Wildman–Crippen MR) is 284 cm³/mol.